The van der Waals surface area contributed by atoms with Gasteiger partial charge in [0.05, 0.1) is 6.10 Å². The molecule has 0 amide bonds. The number of aryl methyl sites for hydroxylation is 1. The van der Waals surface area contributed by atoms with Crippen molar-refractivity contribution < 1.29 is 15.0 Å². The quantitative estimate of drug-likeness (QED) is 0.636. The summed E-state index contributed by atoms with van der Waals surface area (Å²) >= 11 is 0. The summed E-state index contributed by atoms with van der Waals surface area (Å²) in [5, 5.41) is 19.5. The molecule has 0 bridgehead atoms. The van der Waals surface area contributed by atoms with Gasteiger partial charge in [-0.3, -0.25) is 4.79 Å². The molecule has 0 heterocycles. The highest BCUT2D eigenvalue weighted by atomic mass is 16.3. The van der Waals surface area contributed by atoms with E-state index < -0.39 is 12.2 Å². The molecule has 16 heavy (non-hydrogen) atoms. The number of hydrogen-bond donors (Lipinski definition) is 3. The van der Waals surface area contributed by atoms with Crippen molar-refractivity contribution in [3.05, 3.63) is 34.9 Å². The van der Waals surface area contributed by atoms with Crippen molar-refractivity contribution in [3.63, 3.8) is 0 Å². The van der Waals surface area contributed by atoms with Crippen LogP contribution in [0.15, 0.2) is 18.2 Å². The molecule has 88 valence electrons. The lowest BCUT2D eigenvalue weighted by Crippen LogP contribution is -2.22. The average molecular weight is 223 g/mol. The summed E-state index contributed by atoms with van der Waals surface area (Å²) in [5.41, 5.74) is 7.09. The van der Waals surface area contributed by atoms with Crippen LogP contribution >= 0.6 is 0 Å². The molecule has 4 nitrogen and oxygen atoms in total. The molecule has 0 saturated carbocycles. The Morgan fingerprint density at radius 1 is 1.44 bits per heavy atom. The Morgan fingerprint density at radius 2 is 2.12 bits per heavy atom. The van der Waals surface area contributed by atoms with Crippen molar-refractivity contribution in [2.75, 3.05) is 6.54 Å². The number of hydrogen-bond acceptors (Lipinski definition) is 4. The van der Waals surface area contributed by atoms with E-state index in [0.29, 0.717) is 30.4 Å². The second kappa shape index (κ2) is 5.75. The molecule has 0 spiro atoms. The highest BCUT2D eigenvalue weighted by molar-refractivity contribution is 5.77. The summed E-state index contributed by atoms with van der Waals surface area (Å²) in [4.78, 5) is 10.8. The van der Waals surface area contributed by atoms with Gasteiger partial charge in [0.25, 0.3) is 0 Å². The van der Waals surface area contributed by atoms with Gasteiger partial charge in [-0.1, -0.05) is 17.7 Å². The fraction of sp³-hybridized carbons (Fsp3) is 0.417. The van der Waals surface area contributed by atoms with Gasteiger partial charge < -0.3 is 15.9 Å². The van der Waals surface area contributed by atoms with Gasteiger partial charge in [-0.25, -0.2) is 0 Å². The van der Waals surface area contributed by atoms with Crippen LogP contribution in [0.5, 0.6) is 0 Å². The Balaban J connectivity index is 2.98. The van der Waals surface area contributed by atoms with Crippen LogP contribution in [0.2, 0.25) is 0 Å². The number of benzene rings is 1. The smallest absolute Gasteiger partial charge is 0.150 e. The Morgan fingerprint density at radius 3 is 2.69 bits per heavy atom. The second-order valence-electron chi connectivity index (χ2n) is 3.84. The number of aliphatic hydroxyl groups excluding tert-OH is 2. The molecule has 0 aliphatic rings. The normalized spacial score (nSPS) is 14.5. The summed E-state index contributed by atoms with van der Waals surface area (Å²) in [7, 11) is 0. The van der Waals surface area contributed by atoms with Gasteiger partial charge in [-0.15, -0.1) is 0 Å². The van der Waals surface area contributed by atoms with Gasteiger partial charge >= 0.3 is 0 Å². The lowest BCUT2D eigenvalue weighted by atomic mass is 9.96. The molecule has 4 heteroatoms. The van der Waals surface area contributed by atoms with Crippen LogP contribution < -0.4 is 5.73 Å². The molecule has 0 aromatic heterocycles. The standard InChI is InChI=1S/C12H17NO3/c1-8-2-3-10(9(6-8)7-14)12(16)11(15)4-5-13/h2-3,6-7,11-12,15-16H,4-5,13H2,1H3. The van der Waals surface area contributed by atoms with Crippen LogP contribution in [0.4, 0.5) is 0 Å². The molecule has 0 fully saturated rings. The van der Waals surface area contributed by atoms with Gasteiger partial charge in [0.2, 0.25) is 0 Å². The largest absolute Gasteiger partial charge is 0.390 e. The first-order valence-corrected chi connectivity index (χ1v) is 5.22. The summed E-state index contributed by atoms with van der Waals surface area (Å²) in [5.74, 6) is 0. The molecule has 1 aromatic rings. The van der Waals surface area contributed by atoms with Gasteiger partial charge in [0.15, 0.2) is 0 Å². The van der Waals surface area contributed by atoms with Crippen molar-refractivity contribution in [2.45, 2.75) is 25.6 Å². The topological polar surface area (TPSA) is 83.6 Å². The maximum absolute atomic E-state index is 10.8. The minimum Gasteiger partial charge on any atom is -0.390 e. The van der Waals surface area contributed by atoms with Crippen molar-refractivity contribution >= 4 is 6.29 Å². The van der Waals surface area contributed by atoms with E-state index in [2.05, 4.69) is 0 Å². The average Bonchev–Trinajstić information content (AvgIpc) is 2.28. The van der Waals surface area contributed by atoms with Gasteiger partial charge in [-0.2, -0.15) is 0 Å². The lowest BCUT2D eigenvalue weighted by Gasteiger charge is -2.19. The third-order valence-electron chi connectivity index (χ3n) is 2.51. The third-order valence-corrected chi connectivity index (χ3v) is 2.51. The predicted molar refractivity (Wildman–Crippen MR) is 61.2 cm³/mol. The first-order chi connectivity index (χ1) is 7.60. The monoisotopic (exact) mass is 223 g/mol. The van der Waals surface area contributed by atoms with E-state index in [0.717, 1.165) is 5.56 Å². The van der Waals surface area contributed by atoms with Crippen LogP contribution in [-0.2, 0) is 0 Å². The maximum Gasteiger partial charge on any atom is 0.150 e. The zero-order chi connectivity index (χ0) is 12.1. The molecule has 1 aromatic carbocycles. The highest BCUT2D eigenvalue weighted by Crippen LogP contribution is 2.22. The van der Waals surface area contributed by atoms with Crippen molar-refractivity contribution in [1.82, 2.24) is 0 Å². The third kappa shape index (κ3) is 2.88. The van der Waals surface area contributed by atoms with Gasteiger partial charge in [0.1, 0.15) is 12.4 Å². The van der Waals surface area contributed by atoms with Crippen molar-refractivity contribution in [2.24, 2.45) is 5.73 Å². The van der Waals surface area contributed by atoms with Crippen LogP contribution in [0.25, 0.3) is 0 Å². The van der Waals surface area contributed by atoms with Crippen molar-refractivity contribution in [1.29, 1.82) is 0 Å². The van der Waals surface area contributed by atoms with E-state index in [-0.39, 0.29) is 0 Å². The second-order valence-corrected chi connectivity index (χ2v) is 3.84. The maximum atomic E-state index is 10.8. The summed E-state index contributed by atoms with van der Waals surface area (Å²) < 4.78 is 0. The van der Waals surface area contributed by atoms with Crippen LogP contribution in [0.3, 0.4) is 0 Å². The van der Waals surface area contributed by atoms with Gasteiger partial charge in [0, 0.05) is 5.56 Å². The fourth-order valence-corrected chi connectivity index (χ4v) is 1.60. The van der Waals surface area contributed by atoms with Crippen LogP contribution in [0.1, 0.15) is 34.0 Å². The molecular formula is C12H17NO3. The molecule has 0 aliphatic heterocycles. The molecular weight excluding hydrogens is 206 g/mol. The fourth-order valence-electron chi connectivity index (χ4n) is 1.60. The number of carbonyl (C=O) groups excluding carboxylic acids is 1. The predicted octanol–water partition coefficient (Wildman–Crippen LogP) is 0.551. The molecule has 0 radical (unpaired) electrons. The number of carbonyl (C=O) groups is 1. The van der Waals surface area contributed by atoms with E-state index in [1.54, 1.807) is 18.2 Å². The van der Waals surface area contributed by atoms with Gasteiger partial charge in [-0.05, 0) is 31.5 Å². The number of aldehydes is 1. The number of aliphatic hydroxyl groups is 2. The summed E-state index contributed by atoms with van der Waals surface area (Å²) in [6.45, 7) is 2.15. The van der Waals surface area contributed by atoms with Crippen molar-refractivity contribution in [3.8, 4) is 0 Å². The van der Waals surface area contributed by atoms with Crippen LogP contribution in [0, 0.1) is 6.92 Å². The number of nitrogens with two attached hydrogens (primary N) is 1. The van der Waals surface area contributed by atoms with E-state index in [1.165, 1.54) is 0 Å². The molecule has 0 aliphatic carbocycles. The van der Waals surface area contributed by atoms with E-state index >= 15 is 0 Å². The van der Waals surface area contributed by atoms with E-state index in [1.807, 2.05) is 6.92 Å². The first-order valence-electron chi connectivity index (χ1n) is 5.22. The Bertz CT molecular complexity index is 365. The summed E-state index contributed by atoms with van der Waals surface area (Å²) in [6, 6.07) is 5.13. The lowest BCUT2D eigenvalue weighted by molar-refractivity contribution is 0.0147. The highest BCUT2D eigenvalue weighted by Gasteiger charge is 2.20. The Hall–Kier alpha value is -1.23. The van der Waals surface area contributed by atoms with E-state index in [9.17, 15) is 15.0 Å². The summed E-state index contributed by atoms with van der Waals surface area (Å²) in [6.07, 6.45) is -1.02. The first kappa shape index (κ1) is 12.8. The molecule has 0 saturated heterocycles. The Kier molecular flexibility index (Phi) is 4.61. The SMILES string of the molecule is Cc1ccc(C(O)C(O)CCN)c(C=O)c1. The molecule has 1 rings (SSSR count). The Labute approximate surface area is 94.7 Å². The minimum atomic E-state index is -1.07. The zero-order valence-electron chi connectivity index (χ0n) is 9.26. The molecule has 2 atom stereocenters. The zero-order valence-corrected chi connectivity index (χ0v) is 9.26. The van der Waals surface area contributed by atoms with Crippen LogP contribution in [-0.4, -0.2) is 29.1 Å². The molecule has 2 unspecified atom stereocenters. The number of rotatable bonds is 5. The molecule has 4 N–H and O–H groups in total. The van der Waals surface area contributed by atoms with E-state index in [4.69, 9.17) is 5.73 Å². The minimum absolute atomic E-state index is 0.292.